The number of benzene rings is 1. The summed E-state index contributed by atoms with van der Waals surface area (Å²) in [6, 6.07) is 4.52. The smallest absolute Gasteiger partial charge is 0.338 e. The Balaban J connectivity index is 2.49. The van der Waals surface area contributed by atoms with Crippen molar-refractivity contribution in [1.29, 1.82) is 0 Å². The summed E-state index contributed by atoms with van der Waals surface area (Å²) in [7, 11) is 0. The van der Waals surface area contributed by atoms with Crippen LogP contribution in [0.1, 0.15) is 10.4 Å². The molecule has 8 heteroatoms. The van der Waals surface area contributed by atoms with Crippen molar-refractivity contribution in [3.63, 3.8) is 0 Å². The van der Waals surface area contributed by atoms with Gasteiger partial charge in [-0.05, 0) is 23.8 Å². The summed E-state index contributed by atoms with van der Waals surface area (Å²) < 4.78 is 13.1. The molecule has 0 aliphatic rings. The SMILES string of the molecule is NC(=O)Nc1sc(-c2ccc(F)c(Cl)c2)cc1C(=O)O. The topological polar surface area (TPSA) is 92.4 Å². The van der Waals surface area contributed by atoms with E-state index in [0.29, 0.717) is 10.4 Å². The van der Waals surface area contributed by atoms with Crippen LogP contribution in [0.4, 0.5) is 14.2 Å². The van der Waals surface area contributed by atoms with Crippen LogP contribution in [0.3, 0.4) is 0 Å². The number of thiophene rings is 1. The largest absolute Gasteiger partial charge is 0.478 e. The molecule has 5 nitrogen and oxygen atoms in total. The molecule has 104 valence electrons. The highest BCUT2D eigenvalue weighted by molar-refractivity contribution is 7.20. The van der Waals surface area contributed by atoms with Crippen molar-refractivity contribution in [3.8, 4) is 10.4 Å². The highest BCUT2D eigenvalue weighted by Crippen LogP contribution is 2.36. The maximum Gasteiger partial charge on any atom is 0.338 e. The summed E-state index contributed by atoms with van der Waals surface area (Å²) in [5, 5.41) is 11.3. The Labute approximate surface area is 121 Å². The molecular weight excluding hydrogens is 307 g/mol. The number of nitrogens with two attached hydrogens (primary N) is 1. The quantitative estimate of drug-likeness (QED) is 0.810. The Morgan fingerprint density at radius 3 is 2.60 bits per heavy atom. The number of aromatic carboxylic acids is 1. The van der Waals surface area contributed by atoms with Gasteiger partial charge in [-0.15, -0.1) is 11.3 Å². The Bertz CT molecular complexity index is 702. The molecule has 1 heterocycles. The average molecular weight is 315 g/mol. The molecule has 0 fully saturated rings. The van der Waals surface area contributed by atoms with Gasteiger partial charge in [-0.1, -0.05) is 17.7 Å². The minimum absolute atomic E-state index is 0.0721. The van der Waals surface area contributed by atoms with E-state index in [9.17, 15) is 14.0 Å². The fourth-order valence-electron chi connectivity index (χ4n) is 1.55. The zero-order chi connectivity index (χ0) is 14.9. The van der Waals surface area contributed by atoms with E-state index < -0.39 is 17.8 Å². The Morgan fingerprint density at radius 1 is 1.35 bits per heavy atom. The molecule has 0 unspecified atom stereocenters. The van der Waals surface area contributed by atoms with Crippen LogP contribution in [0.5, 0.6) is 0 Å². The van der Waals surface area contributed by atoms with E-state index in [2.05, 4.69) is 5.32 Å². The third kappa shape index (κ3) is 2.89. The van der Waals surface area contributed by atoms with E-state index in [4.69, 9.17) is 22.4 Å². The molecule has 1 aromatic heterocycles. The van der Waals surface area contributed by atoms with Crippen LogP contribution in [-0.2, 0) is 0 Å². The molecule has 2 aromatic rings. The standard InChI is InChI=1S/C12H8ClFN2O3S/c13-7-3-5(1-2-8(7)14)9-4-6(11(17)18)10(20-9)16-12(15)19/h1-4H,(H,17,18)(H3,15,16,19). The second-order valence-electron chi connectivity index (χ2n) is 3.78. The summed E-state index contributed by atoms with van der Waals surface area (Å²) in [6.45, 7) is 0. The predicted octanol–water partition coefficient (Wildman–Crippen LogP) is 3.40. The van der Waals surface area contributed by atoms with Gasteiger partial charge in [0, 0.05) is 4.88 Å². The predicted molar refractivity (Wildman–Crippen MR) is 74.9 cm³/mol. The number of carbonyl (C=O) groups excluding carboxylic acids is 1. The zero-order valence-electron chi connectivity index (χ0n) is 9.81. The van der Waals surface area contributed by atoms with Gasteiger partial charge in [-0.2, -0.15) is 0 Å². The molecule has 4 N–H and O–H groups in total. The molecule has 2 amide bonds. The van der Waals surface area contributed by atoms with E-state index in [0.717, 1.165) is 11.3 Å². The highest BCUT2D eigenvalue weighted by Gasteiger charge is 2.17. The molecule has 0 saturated carbocycles. The van der Waals surface area contributed by atoms with Crippen molar-refractivity contribution >= 4 is 39.9 Å². The van der Waals surface area contributed by atoms with E-state index in [-0.39, 0.29) is 15.6 Å². The number of amides is 2. The average Bonchev–Trinajstić information content (AvgIpc) is 2.76. The van der Waals surface area contributed by atoms with Crippen LogP contribution >= 0.6 is 22.9 Å². The van der Waals surface area contributed by atoms with Gasteiger partial charge in [0.2, 0.25) is 0 Å². The summed E-state index contributed by atoms with van der Waals surface area (Å²) in [5.74, 6) is -1.77. The van der Waals surface area contributed by atoms with E-state index >= 15 is 0 Å². The molecule has 0 radical (unpaired) electrons. The minimum Gasteiger partial charge on any atom is -0.478 e. The molecule has 1 aromatic carbocycles. The lowest BCUT2D eigenvalue weighted by molar-refractivity contribution is 0.0698. The monoisotopic (exact) mass is 314 g/mol. The van der Waals surface area contributed by atoms with E-state index in [1.165, 1.54) is 24.3 Å². The molecule has 0 spiro atoms. The number of halogens is 2. The molecule has 0 saturated heterocycles. The Kier molecular flexibility index (Phi) is 3.91. The first-order valence-electron chi connectivity index (χ1n) is 5.27. The van der Waals surface area contributed by atoms with Gasteiger partial charge in [-0.3, -0.25) is 5.32 Å². The number of carboxylic acid groups (broad SMARTS) is 1. The number of urea groups is 1. The summed E-state index contributed by atoms with van der Waals surface area (Å²) in [4.78, 5) is 22.5. The molecule has 0 aliphatic heterocycles. The van der Waals surface area contributed by atoms with Crippen LogP contribution in [0, 0.1) is 5.82 Å². The molecule has 2 rings (SSSR count). The van der Waals surface area contributed by atoms with Gasteiger partial charge in [0.15, 0.2) is 0 Å². The fraction of sp³-hybridized carbons (Fsp3) is 0. The van der Waals surface area contributed by atoms with Crippen LogP contribution in [0.2, 0.25) is 5.02 Å². The maximum atomic E-state index is 13.1. The van der Waals surface area contributed by atoms with Crippen LogP contribution in [0.15, 0.2) is 24.3 Å². The second-order valence-corrected chi connectivity index (χ2v) is 5.24. The van der Waals surface area contributed by atoms with Crippen molar-refractivity contribution in [1.82, 2.24) is 0 Å². The summed E-state index contributed by atoms with van der Waals surface area (Å²) >= 11 is 6.69. The number of primary amides is 1. The molecule has 20 heavy (non-hydrogen) atoms. The molecule has 0 bridgehead atoms. The third-order valence-electron chi connectivity index (χ3n) is 2.40. The normalized spacial score (nSPS) is 10.3. The molecule has 0 atom stereocenters. The maximum absolute atomic E-state index is 13.1. The van der Waals surface area contributed by atoms with Crippen molar-refractivity contribution in [3.05, 3.63) is 40.7 Å². The molecular formula is C12H8ClFN2O3S. The van der Waals surface area contributed by atoms with Gasteiger partial charge in [0.1, 0.15) is 10.8 Å². The van der Waals surface area contributed by atoms with Gasteiger partial charge in [0.05, 0.1) is 10.6 Å². The van der Waals surface area contributed by atoms with Crippen LogP contribution < -0.4 is 11.1 Å². The first-order chi connectivity index (χ1) is 9.38. The van der Waals surface area contributed by atoms with Crippen LogP contribution in [-0.4, -0.2) is 17.1 Å². The van der Waals surface area contributed by atoms with Gasteiger partial charge >= 0.3 is 12.0 Å². The van der Waals surface area contributed by atoms with E-state index in [1.54, 1.807) is 0 Å². The van der Waals surface area contributed by atoms with E-state index in [1.807, 2.05) is 0 Å². The summed E-state index contributed by atoms with van der Waals surface area (Å²) in [5.41, 5.74) is 5.43. The molecule has 0 aliphatic carbocycles. The van der Waals surface area contributed by atoms with Gasteiger partial charge in [-0.25, -0.2) is 14.0 Å². The van der Waals surface area contributed by atoms with Gasteiger partial charge in [0.25, 0.3) is 0 Å². The lowest BCUT2D eigenvalue weighted by Gasteiger charge is -1.99. The number of carbonyl (C=O) groups is 2. The van der Waals surface area contributed by atoms with Crippen molar-refractivity contribution < 1.29 is 19.1 Å². The number of anilines is 1. The Hall–Kier alpha value is -2.12. The Morgan fingerprint density at radius 2 is 2.05 bits per heavy atom. The van der Waals surface area contributed by atoms with Crippen molar-refractivity contribution in [2.45, 2.75) is 0 Å². The second kappa shape index (κ2) is 5.48. The fourth-order valence-corrected chi connectivity index (χ4v) is 2.78. The number of hydrogen-bond donors (Lipinski definition) is 3. The summed E-state index contributed by atoms with van der Waals surface area (Å²) in [6.07, 6.45) is 0. The minimum atomic E-state index is -1.20. The van der Waals surface area contributed by atoms with Crippen molar-refractivity contribution in [2.75, 3.05) is 5.32 Å². The zero-order valence-corrected chi connectivity index (χ0v) is 11.4. The number of hydrogen-bond acceptors (Lipinski definition) is 3. The van der Waals surface area contributed by atoms with Gasteiger partial charge < -0.3 is 10.8 Å². The number of carboxylic acids is 1. The number of rotatable bonds is 3. The first-order valence-corrected chi connectivity index (χ1v) is 6.47. The van der Waals surface area contributed by atoms with Crippen molar-refractivity contribution in [2.24, 2.45) is 5.73 Å². The lowest BCUT2D eigenvalue weighted by atomic mass is 10.1. The first kappa shape index (κ1) is 14.3. The highest BCUT2D eigenvalue weighted by atomic mass is 35.5. The van der Waals surface area contributed by atoms with Crippen LogP contribution in [0.25, 0.3) is 10.4 Å². The lowest BCUT2D eigenvalue weighted by Crippen LogP contribution is -2.19. The third-order valence-corrected chi connectivity index (χ3v) is 3.79. The number of nitrogens with one attached hydrogen (secondary N) is 1.